The minimum Gasteiger partial charge on any atom is -0.462 e. The van der Waals surface area contributed by atoms with E-state index in [-0.39, 0.29) is 4.83 Å². The zero-order chi connectivity index (χ0) is 4.99. The Labute approximate surface area is 45.5 Å². The van der Waals surface area contributed by atoms with Crippen molar-refractivity contribution in [1.82, 2.24) is 0 Å². The lowest BCUT2D eigenvalue weighted by Crippen LogP contribution is -1.78. The molecule has 0 spiro atoms. The van der Waals surface area contributed by atoms with Gasteiger partial charge in [0.1, 0.15) is 6.11 Å². The molecule has 6 heavy (non-hydrogen) atoms. The van der Waals surface area contributed by atoms with Crippen LogP contribution < -0.4 is 0 Å². The molecule has 34 valence electrons. The van der Waals surface area contributed by atoms with Gasteiger partial charge in [0.05, 0.1) is 4.83 Å². The monoisotopic (exact) mass is 148 g/mol. The summed E-state index contributed by atoms with van der Waals surface area (Å²) in [5, 5.41) is 7.85. The highest BCUT2D eigenvalue weighted by molar-refractivity contribution is 9.09. The standard InChI is InChI=1S/C4H5BrO/c1-4(5)2-3-6/h4,6H,1H3. The van der Waals surface area contributed by atoms with Crippen LogP contribution in [0.15, 0.2) is 0 Å². The molecule has 0 bridgehead atoms. The van der Waals surface area contributed by atoms with Gasteiger partial charge < -0.3 is 5.11 Å². The predicted octanol–water partition coefficient (Wildman–Crippen LogP) is 1.10. The Morgan fingerprint density at radius 3 is 2.33 bits per heavy atom. The number of rotatable bonds is 0. The van der Waals surface area contributed by atoms with Crippen molar-refractivity contribution in [3.05, 3.63) is 0 Å². The normalized spacial score (nSPS) is 11.7. The lowest BCUT2D eigenvalue weighted by molar-refractivity contribution is 0.516. The summed E-state index contributed by atoms with van der Waals surface area (Å²) < 4.78 is 0. The van der Waals surface area contributed by atoms with Crippen molar-refractivity contribution in [3.63, 3.8) is 0 Å². The third-order valence-electron chi connectivity index (χ3n) is 0.263. The molecular weight excluding hydrogens is 144 g/mol. The fourth-order valence-electron chi connectivity index (χ4n) is 0.0889. The molecule has 0 heterocycles. The number of hydrogen-bond donors (Lipinski definition) is 1. The first-order chi connectivity index (χ1) is 2.77. The van der Waals surface area contributed by atoms with E-state index in [2.05, 4.69) is 21.9 Å². The Morgan fingerprint density at radius 2 is 2.33 bits per heavy atom. The lowest BCUT2D eigenvalue weighted by Gasteiger charge is -1.78. The van der Waals surface area contributed by atoms with Crippen molar-refractivity contribution < 1.29 is 5.11 Å². The van der Waals surface area contributed by atoms with Gasteiger partial charge in [-0.1, -0.05) is 15.9 Å². The van der Waals surface area contributed by atoms with Crippen molar-refractivity contribution >= 4 is 15.9 Å². The van der Waals surface area contributed by atoms with E-state index in [1.165, 1.54) is 0 Å². The minimum absolute atomic E-state index is 0.0995. The molecule has 1 N–H and O–H groups in total. The van der Waals surface area contributed by atoms with Crippen molar-refractivity contribution in [1.29, 1.82) is 0 Å². The van der Waals surface area contributed by atoms with E-state index in [1.807, 2.05) is 6.92 Å². The largest absolute Gasteiger partial charge is 0.462 e. The topological polar surface area (TPSA) is 20.2 Å². The molecule has 2 heteroatoms. The Morgan fingerprint density at radius 1 is 1.83 bits per heavy atom. The fraction of sp³-hybridized carbons (Fsp3) is 0.500. The molecule has 0 aliphatic heterocycles. The van der Waals surface area contributed by atoms with E-state index in [0.717, 1.165) is 0 Å². The molecule has 1 nitrogen and oxygen atoms in total. The average molecular weight is 149 g/mol. The van der Waals surface area contributed by atoms with Gasteiger partial charge in [-0.05, 0) is 12.8 Å². The van der Waals surface area contributed by atoms with Crippen LogP contribution in [0.25, 0.3) is 0 Å². The van der Waals surface area contributed by atoms with Crippen molar-refractivity contribution in [2.75, 3.05) is 0 Å². The zero-order valence-electron chi connectivity index (χ0n) is 3.40. The van der Waals surface area contributed by atoms with E-state index in [0.29, 0.717) is 0 Å². The highest BCUT2D eigenvalue weighted by atomic mass is 79.9. The van der Waals surface area contributed by atoms with Gasteiger partial charge >= 0.3 is 0 Å². The molecule has 0 radical (unpaired) electrons. The lowest BCUT2D eigenvalue weighted by atomic mass is 10.5. The maximum Gasteiger partial charge on any atom is 0.108 e. The maximum atomic E-state index is 7.85. The summed E-state index contributed by atoms with van der Waals surface area (Å²) in [7, 11) is 0. The Hall–Kier alpha value is -0.160. The van der Waals surface area contributed by atoms with Gasteiger partial charge in [0.25, 0.3) is 0 Å². The van der Waals surface area contributed by atoms with Gasteiger partial charge in [-0.15, -0.1) is 0 Å². The molecule has 0 saturated carbocycles. The second-order valence-corrected chi connectivity index (χ2v) is 2.25. The second-order valence-electron chi connectivity index (χ2n) is 0.872. The van der Waals surface area contributed by atoms with Crippen LogP contribution in [0.3, 0.4) is 0 Å². The highest BCUT2D eigenvalue weighted by Gasteiger charge is 1.80. The van der Waals surface area contributed by atoms with Gasteiger partial charge in [0.2, 0.25) is 0 Å². The van der Waals surface area contributed by atoms with Crippen LogP contribution in [0.1, 0.15) is 6.92 Å². The Bertz CT molecular complexity index is 77.3. The first kappa shape index (κ1) is 5.84. The molecule has 0 rings (SSSR count). The third kappa shape index (κ3) is 3.84. The first-order valence-corrected chi connectivity index (χ1v) is 2.47. The van der Waals surface area contributed by atoms with Crippen LogP contribution in [0.4, 0.5) is 0 Å². The quantitative estimate of drug-likeness (QED) is 0.404. The smallest absolute Gasteiger partial charge is 0.108 e. The molecule has 0 fully saturated rings. The Balaban J connectivity index is 3.20. The van der Waals surface area contributed by atoms with Crippen LogP contribution in [0.5, 0.6) is 0 Å². The third-order valence-corrected chi connectivity index (χ3v) is 0.492. The van der Waals surface area contributed by atoms with Gasteiger partial charge in [-0.25, -0.2) is 0 Å². The fourth-order valence-corrected chi connectivity index (χ4v) is 0.191. The maximum absolute atomic E-state index is 7.85. The van der Waals surface area contributed by atoms with Crippen molar-refractivity contribution in [2.45, 2.75) is 11.8 Å². The number of hydrogen-bond acceptors (Lipinski definition) is 1. The molecule has 0 aliphatic rings. The summed E-state index contributed by atoms with van der Waals surface area (Å²) in [5.41, 5.74) is 0. The van der Waals surface area contributed by atoms with Crippen LogP contribution in [0, 0.1) is 12.0 Å². The van der Waals surface area contributed by atoms with Crippen molar-refractivity contribution in [2.24, 2.45) is 0 Å². The summed E-state index contributed by atoms with van der Waals surface area (Å²) in [5.74, 6) is 2.43. The molecule has 0 aromatic heterocycles. The molecule has 1 unspecified atom stereocenters. The van der Waals surface area contributed by atoms with E-state index in [1.54, 1.807) is 6.11 Å². The highest BCUT2D eigenvalue weighted by Crippen LogP contribution is 1.91. The number of aliphatic hydroxyl groups is 1. The average Bonchev–Trinajstić information content (AvgIpc) is 1.35. The van der Waals surface area contributed by atoms with Gasteiger partial charge in [0.15, 0.2) is 0 Å². The van der Waals surface area contributed by atoms with Crippen LogP contribution in [-0.2, 0) is 0 Å². The number of aliphatic hydroxyl groups excluding tert-OH is 1. The summed E-state index contributed by atoms with van der Waals surface area (Å²) in [4.78, 5) is 0.0995. The SMILES string of the molecule is CC(Br)C#CO. The van der Waals surface area contributed by atoms with E-state index < -0.39 is 0 Å². The summed E-state index contributed by atoms with van der Waals surface area (Å²) in [6.45, 7) is 1.84. The van der Waals surface area contributed by atoms with E-state index in [4.69, 9.17) is 5.11 Å². The molecular formula is C4H5BrO. The van der Waals surface area contributed by atoms with Crippen LogP contribution in [0.2, 0.25) is 0 Å². The second kappa shape index (κ2) is 3.05. The van der Waals surface area contributed by atoms with Crippen LogP contribution in [-0.4, -0.2) is 9.93 Å². The summed E-state index contributed by atoms with van der Waals surface area (Å²) in [6, 6.07) is 0. The molecule has 0 aliphatic carbocycles. The van der Waals surface area contributed by atoms with Gasteiger partial charge in [0, 0.05) is 0 Å². The summed E-state index contributed by atoms with van der Waals surface area (Å²) >= 11 is 3.10. The van der Waals surface area contributed by atoms with Crippen molar-refractivity contribution in [3.8, 4) is 12.0 Å². The van der Waals surface area contributed by atoms with Gasteiger partial charge in [-0.3, -0.25) is 0 Å². The number of alkyl halides is 1. The summed E-state index contributed by atoms with van der Waals surface area (Å²) in [6.07, 6.45) is 1.77. The molecule has 0 amide bonds. The molecule has 0 aromatic carbocycles. The zero-order valence-corrected chi connectivity index (χ0v) is 4.99. The van der Waals surface area contributed by atoms with E-state index in [9.17, 15) is 0 Å². The molecule has 0 saturated heterocycles. The van der Waals surface area contributed by atoms with Crippen LogP contribution >= 0.6 is 15.9 Å². The molecule has 1 atom stereocenters. The predicted molar refractivity (Wildman–Crippen MR) is 28.1 cm³/mol. The Kier molecular flexibility index (Phi) is 2.97. The first-order valence-electron chi connectivity index (χ1n) is 1.56. The molecule has 0 aromatic rings. The van der Waals surface area contributed by atoms with E-state index >= 15 is 0 Å². The number of halogens is 1. The minimum atomic E-state index is 0.0995. The van der Waals surface area contributed by atoms with Gasteiger partial charge in [-0.2, -0.15) is 0 Å².